The zero-order valence-corrected chi connectivity index (χ0v) is 15.0. The Kier molecular flexibility index (Phi) is 5.42. The maximum Gasteiger partial charge on any atom is 0.226 e. The second-order valence-electron chi connectivity index (χ2n) is 7.42. The molecule has 0 spiro atoms. The quantitative estimate of drug-likeness (QED) is 0.907. The second kappa shape index (κ2) is 7.56. The molecule has 25 heavy (non-hydrogen) atoms. The van der Waals surface area contributed by atoms with Crippen molar-refractivity contribution in [1.82, 2.24) is 9.80 Å². The fraction of sp³-hybridized carbons (Fsp3) is 0.600. The Hall–Kier alpha value is -1.88. The average Bonchev–Trinajstić information content (AvgIpc) is 3.06. The molecule has 2 saturated heterocycles. The molecule has 2 aliphatic heterocycles. The molecule has 1 aromatic rings. The highest BCUT2D eigenvalue weighted by Gasteiger charge is 2.45. The molecule has 0 aliphatic carbocycles. The van der Waals surface area contributed by atoms with E-state index in [-0.39, 0.29) is 24.3 Å². The van der Waals surface area contributed by atoms with Crippen molar-refractivity contribution in [3.05, 3.63) is 35.9 Å². The first-order valence-corrected chi connectivity index (χ1v) is 9.27. The molecule has 2 fully saturated rings. The van der Waals surface area contributed by atoms with Crippen LogP contribution in [0.4, 0.5) is 0 Å². The van der Waals surface area contributed by atoms with Crippen LogP contribution in [0.2, 0.25) is 0 Å². The highest BCUT2D eigenvalue weighted by atomic mass is 16.3. The van der Waals surface area contributed by atoms with Crippen LogP contribution in [0.3, 0.4) is 0 Å². The fourth-order valence-corrected chi connectivity index (χ4v) is 4.32. The van der Waals surface area contributed by atoms with Gasteiger partial charge in [0.15, 0.2) is 0 Å². The first-order valence-electron chi connectivity index (χ1n) is 9.27. The van der Waals surface area contributed by atoms with Crippen LogP contribution < -0.4 is 0 Å². The van der Waals surface area contributed by atoms with Crippen LogP contribution in [-0.2, 0) is 16.0 Å². The summed E-state index contributed by atoms with van der Waals surface area (Å²) in [5, 5.41) is 10.2. The lowest BCUT2D eigenvalue weighted by molar-refractivity contribution is -0.144. The van der Waals surface area contributed by atoms with Crippen molar-refractivity contribution in [1.29, 1.82) is 0 Å². The van der Waals surface area contributed by atoms with E-state index in [1.807, 2.05) is 28.0 Å². The maximum atomic E-state index is 13.2. The van der Waals surface area contributed by atoms with Crippen LogP contribution in [0.25, 0.3) is 0 Å². The van der Waals surface area contributed by atoms with Crippen molar-refractivity contribution < 1.29 is 14.7 Å². The van der Waals surface area contributed by atoms with Gasteiger partial charge in [-0.3, -0.25) is 9.59 Å². The van der Waals surface area contributed by atoms with Gasteiger partial charge in [-0.15, -0.1) is 0 Å². The first kappa shape index (κ1) is 17.9. The van der Waals surface area contributed by atoms with Crippen molar-refractivity contribution in [3.63, 3.8) is 0 Å². The maximum absolute atomic E-state index is 13.2. The average molecular weight is 344 g/mol. The molecule has 0 bridgehead atoms. The molecule has 1 N–H and O–H groups in total. The molecule has 0 saturated carbocycles. The number of amides is 2. The molecular formula is C20H28N2O3. The highest BCUT2D eigenvalue weighted by molar-refractivity contribution is 5.81. The van der Waals surface area contributed by atoms with Gasteiger partial charge >= 0.3 is 0 Å². The summed E-state index contributed by atoms with van der Waals surface area (Å²) in [6.45, 7) is 3.62. The SMILES string of the molecule is CC(=O)N1CCC(C(=O)N2CCC[C@@]2(CO)Cc2ccccc2)CC1. The van der Waals surface area contributed by atoms with Crippen molar-refractivity contribution in [2.24, 2.45) is 5.92 Å². The fourth-order valence-electron chi connectivity index (χ4n) is 4.32. The summed E-state index contributed by atoms with van der Waals surface area (Å²) in [7, 11) is 0. The number of aliphatic hydroxyl groups excluding tert-OH is 1. The van der Waals surface area contributed by atoms with Gasteiger partial charge in [-0.25, -0.2) is 0 Å². The van der Waals surface area contributed by atoms with Gasteiger partial charge in [0, 0.05) is 32.5 Å². The molecular weight excluding hydrogens is 316 g/mol. The number of aliphatic hydroxyl groups is 1. The topological polar surface area (TPSA) is 60.9 Å². The Morgan fingerprint density at radius 3 is 2.44 bits per heavy atom. The molecule has 0 unspecified atom stereocenters. The largest absolute Gasteiger partial charge is 0.394 e. The smallest absolute Gasteiger partial charge is 0.226 e. The summed E-state index contributed by atoms with van der Waals surface area (Å²) in [6, 6.07) is 10.1. The van der Waals surface area contributed by atoms with Gasteiger partial charge in [0.05, 0.1) is 12.1 Å². The van der Waals surface area contributed by atoms with Crippen molar-refractivity contribution in [2.45, 2.75) is 44.6 Å². The Balaban J connectivity index is 1.71. The van der Waals surface area contributed by atoms with Gasteiger partial charge in [0.1, 0.15) is 0 Å². The zero-order chi connectivity index (χ0) is 17.9. The van der Waals surface area contributed by atoms with Crippen LogP contribution >= 0.6 is 0 Å². The van der Waals surface area contributed by atoms with Crippen molar-refractivity contribution in [3.8, 4) is 0 Å². The molecule has 2 amide bonds. The molecule has 2 heterocycles. The number of carbonyl (C=O) groups excluding carboxylic acids is 2. The minimum absolute atomic E-state index is 0.0000742. The van der Waals surface area contributed by atoms with Gasteiger partial charge in [-0.1, -0.05) is 30.3 Å². The molecule has 1 atom stereocenters. The number of rotatable bonds is 4. The van der Waals surface area contributed by atoms with E-state index in [1.54, 1.807) is 6.92 Å². The van der Waals surface area contributed by atoms with E-state index < -0.39 is 5.54 Å². The zero-order valence-electron chi connectivity index (χ0n) is 15.0. The van der Waals surface area contributed by atoms with Gasteiger partial charge < -0.3 is 14.9 Å². The standard InChI is InChI=1S/C20H28N2O3/c1-16(24)21-12-8-18(9-13-21)19(25)22-11-5-10-20(22,15-23)14-17-6-3-2-4-7-17/h2-4,6-7,18,23H,5,8-15H2,1H3/t20-/m0/s1. The van der Waals surface area contributed by atoms with E-state index in [0.29, 0.717) is 19.5 Å². The Morgan fingerprint density at radius 2 is 1.84 bits per heavy atom. The molecule has 3 rings (SSSR count). The first-order chi connectivity index (χ1) is 12.1. The van der Waals surface area contributed by atoms with Crippen LogP contribution in [0.5, 0.6) is 0 Å². The number of carbonyl (C=O) groups is 2. The van der Waals surface area contributed by atoms with E-state index in [0.717, 1.165) is 37.8 Å². The summed E-state index contributed by atoms with van der Waals surface area (Å²) < 4.78 is 0. The normalized spacial score (nSPS) is 24.6. The molecule has 0 radical (unpaired) electrons. The van der Waals surface area contributed by atoms with Crippen molar-refractivity contribution in [2.75, 3.05) is 26.2 Å². The van der Waals surface area contributed by atoms with E-state index in [9.17, 15) is 14.7 Å². The lowest BCUT2D eigenvalue weighted by Crippen LogP contribution is -2.54. The molecule has 1 aromatic carbocycles. The van der Waals surface area contributed by atoms with Crippen LogP contribution in [0.1, 0.15) is 38.2 Å². The Bertz CT molecular complexity index is 611. The van der Waals surface area contributed by atoms with Crippen LogP contribution in [0, 0.1) is 5.92 Å². The van der Waals surface area contributed by atoms with Crippen LogP contribution in [-0.4, -0.2) is 58.5 Å². The minimum atomic E-state index is -0.476. The molecule has 136 valence electrons. The van der Waals surface area contributed by atoms with Gasteiger partial charge in [0.2, 0.25) is 11.8 Å². The summed E-state index contributed by atoms with van der Waals surface area (Å²) in [6.07, 6.45) is 3.92. The van der Waals surface area contributed by atoms with E-state index >= 15 is 0 Å². The molecule has 2 aliphatic rings. The van der Waals surface area contributed by atoms with Gasteiger partial charge in [-0.05, 0) is 37.7 Å². The third kappa shape index (κ3) is 3.71. The van der Waals surface area contributed by atoms with E-state index in [2.05, 4.69) is 12.1 Å². The third-order valence-electron chi connectivity index (χ3n) is 5.82. The number of hydrogen-bond acceptors (Lipinski definition) is 3. The highest BCUT2D eigenvalue weighted by Crippen LogP contribution is 2.35. The van der Waals surface area contributed by atoms with E-state index in [4.69, 9.17) is 0 Å². The number of likely N-dealkylation sites (tertiary alicyclic amines) is 2. The monoisotopic (exact) mass is 344 g/mol. The summed E-state index contributed by atoms with van der Waals surface area (Å²) in [5.74, 6) is 0.210. The lowest BCUT2D eigenvalue weighted by Gasteiger charge is -2.41. The minimum Gasteiger partial charge on any atom is -0.394 e. The Labute approximate surface area is 149 Å². The third-order valence-corrected chi connectivity index (χ3v) is 5.82. The van der Waals surface area contributed by atoms with Crippen molar-refractivity contribution >= 4 is 11.8 Å². The molecule has 5 nitrogen and oxygen atoms in total. The number of hydrogen-bond donors (Lipinski definition) is 1. The van der Waals surface area contributed by atoms with E-state index in [1.165, 1.54) is 0 Å². The summed E-state index contributed by atoms with van der Waals surface area (Å²) in [4.78, 5) is 28.4. The molecule has 0 aromatic heterocycles. The number of piperidine rings is 1. The van der Waals surface area contributed by atoms with Gasteiger partial charge in [0.25, 0.3) is 0 Å². The van der Waals surface area contributed by atoms with Crippen LogP contribution in [0.15, 0.2) is 30.3 Å². The number of nitrogens with zero attached hydrogens (tertiary/aromatic N) is 2. The second-order valence-corrected chi connectivity index (χ2v) is 7.42. The summed E-state index contributed by atoms with van der Waals surface area (Å²) in [5.41, 5.74) is 0.679. The van der Waals surface area contributed by atoms with Gasteiger partial charge in [-0.2, -0.15) is 0 Å². The Morgan fingerprint density at radius 1 is 1.16 bits per heavy atom. The number of benzene rings is 1. The summed E-state index contributed by atoms with van der Waals surface area (Å²) >= 11 is 0. The predicted octanol–water partition coefficient (Wildman–Crippen LogP) is 1.84. The lowest BCUT2D eigenvalue weighted by atomic mass is 9.87. The predicted molar refractivity (Wildman–Crippen MR) is 95.9 cm³/mol. The molecule has 5 heteroatoms.